The number of carbonyl (C=O) groups is 1. The van der Waals surface area contributed by atoms with Gasteiger partial charge >= 0.3 is 0 Å². The van der Waals surface area contributed by atoms with E-state index in [9.17, 15) is 4.79 Å². The van der Waals surface area contributed by atoms with E-state index in [1.54, 1.807) is 5.38 Å². The van der Waals surface area contributed by atoms with Gasteiger partial charge in [-0.15, -0.1) is 11.3 Å². The van der Waals surface area contributed by atoms with Gasteiger partial charge in [-0.05, 0) is 47.9 Å². The Balaban J connectivity index is 1.43. The number of carbonyl (C=O) groups excluding carboxylic acids is 1. The maximum absolute atomic E-state index is 12.5. The Labute approximate surface area is 144 Å². The number of nitrogens with one attached hydrogen (secondary N) is 1. The van der Waals surface area contributed by atoms with Gasteiger partial charge in [0, 0.05) is 30.2 Å². The topological polar surface area (TPSA) is 69.2 Å². The van der Waals surface area contributed by atoms with Crippen LogP contribution in [0.25, 0.3) is 10.9 Å². The Morgan fingerprint density at radius 1 is 1.33 bits per heavy atom. The van der Waals surface area contributed by atoms with E-state index in [-0.39, 0.29) is 12.5 Å². The minimum absolute atomic E-state index is 0.0227. The summed E-state index contributed by atoms with van der Waals surface area (Å²) in [6.45, 7) is 1.39. The van der Waals surface area contributed by atoms with Crippen molar-refractivity contribution >= 4 is 28.1 Å². The number of benzene rings is 1. The lowest BCUT2D eigenvalue weighted by Gasteiger charge is -2.32. The standard InChI is InChI=1S/C18H19N3O2S/c22-10-17-20-16(11-24-17)18(23)21-7-4-12(5-8-21)13-1-2-15-14(9-13)3-6-19-15/h1-3,6,9,11-12,19,22H,4-5,7-8,10H2. The average Bonchev–Trinajstić information content (AvgIpc) is 3.29. The molecule has 3 heterocycles. The SMILES string of the molecule is O=C(c1csc(CO)n1)N1CCC(c2ccc3[nH]ccc3c2)CC1. The maximum atomic E-state index is 12.5. The Hall–Kier alpha value is -2.18. The zero-order chi connectivity index (χ0) is 16.5. The van der Waals surface area contributed by atoms with Gasteiger partial charge in [-0.2, -0.15) is 0 Å². The van der Waals surface area contributed by atoms with Crippen LogP contribution in [-0.2, 0) is 6.61 Å². The maximum Gasteiger partial charge on any atom is 0.273 e. The van der Waals surface area contributed by atoms with Crippen LogP contribution >= 0.6 is 11.3 Å². The molecular formula is C18H19N3O2S. The second kappa shape index (κ2) is 6.37. The van der Waals surface area contributed by atoms with Gasteiger partial charge in [0.1, 0.15) is 10.7 Å². The molecule has 3 aromatic rings. The predicted molar refractivity (Wildman–Crippen MR) is 94.2 cm³/mol. The van der Waals surface area contributed by atoms with Crippen molar-refractivity contribution in [1.29, 1.82) is 0 Å². The number of hydrogen-bond donors (Lipinski definition) is 2. The molecule has 0 radical (unpaired) electrons. The molecule has 24 heavy (non-hydrogen) atoms. The highest BCUT2D eigenvalue weighted by Crippen LogP contribution is 2.30. The van der Waals surface area contributed by atoms with E-state index in [1.807, 2.05) is 11.1 Å². The summed E-state index contributed by atoms with van der Waals surface area (Å²) in [5, 5.41) is 12.7. The van der Waals surface area contributed by atoms with Crippen LogP contribution in [0.5, 0.6) is 0 Å². The molecule has 0 spiro atoms. The summed E-state index contributed by atoms with van der Waals surface area (Å²) in [5.74, 6) is 0.474. The molecule has 1 fully saturated rings. The molecule has 5 nitrogen and oxygen atoms in total. The molecule has 1 aliphatic heterocycles. The number of aliphatic hydroxyl groups is 1. The number of piperidine rings is 1. The van der Waals surface area contributed by atoms with Crippen LogP contribution in [0, 0.1) is 0 Å². The fourth-order valence-electron chi connectivity index (χ4n) is 3.39. The molecule has 124 valence electrons. The average molecular weight is 341 g/mol. The lowest BCUT2D eigenvalue weighted by Crippen LogP contribution is -2.38. The molecule has 6 heteroatoms. The van der Waals surface area contributed by atoms with Gasteiger partial charge in [0.2, 0.25) is 0 Å². The van der Waals surface area contributed by atoms with Crippen LogP contribution in [0.2, 0.25) is 0 Å². The number of thiazole rings is 1. The second-order valence-electron chi connectivity index (χ2n) is 6.18. The molecule has 1 saturated heterocycles. The molecule has 0 bridgehead atoms. The molecule has 0 saturated carbocycles. The van der Waals surface area contributed by atoms with Gasteiger partial charge in [0.25, 0.3) is 5.91 Å². The number of likely N-dealkylation sites (tertiary alicyclic amines) is 1. The first-order chi connectivity index (χ1) is 11.7. The first-order valence-corrected chi connectivity index (χ1v) is 9.04. The molecule has 1 aliphatic rings. The first kappa shape index (κ1) is 15.4. The lowest BCUT2D eigenvalue weighted by molar-refractivity contribution is 0.0707. The molecule has 2 aromatic heterocycles. The number of aliphatic hydroxyl groups excluding tert-OH is 1. The second-order valence-corrected chi connectivity index (χ2v) is 7.12. The van der Waals surface area contributed by atoms with Gasteiger partial charge in [0.05, 0.1) is 6.61 Å². The number of aromatic amines is 1. The van der Waals surface area contributed by atoms with Crippen molar-refractivity contribution in [2.75, 3.05) is 13.1 Å². The molecular weight excluding hydrogens is 322 g/mol. The van der Waals surface area contributed by atoms with E-state index in [1.165, 1.54) is 22.3 Å². The number of fused-ring (bicyclic) bond motifs is 1. The fourth-order valence-corrected chi connectivity index (χ4v) is 4.01. The third-order valence-electron chi connectivity index (χ3n) is 4.74. The Bertz CT molecular complexity index is 862. The van der Waals surface area contributed by atoms with E-state index in [0.717, 1.165) is 31.4 Å². The van der Waals surface area contributed by atoms with Crippen molar-refractivity contribution in [3.63, 3.8) is 0 Å². The lowest BCUT2D eigenvalue weighted by atomic mass is 9.89. The zero-order valence-electron chi connectivity index (χ0n) is 13.2. The molecule has 4 rings (SSSR count). The number of hydrogen-bond acceptors (Lipinski definition) is 4. The number of nitrogens with zero attached hydrogens (tertiary/aromatic N) is 2. The highest BCUT2D eigenvalue weighted by Gasteiger charge is 2.26. The molecule has 0 unspecified atom stereocenters. The Morgan fingerprint density at radius 3 is 2.92 bits per heavy atom. The van der Waals surface area contributed by atoms with Crippen LogP contribution in [0.4, 0.5) is 0 Å². The van der Waals surface area contributed by atoms with Crippen molar-refractivity contribution in [2.45, 2.75) is 25.4 Å². The van der Waals surface area contributed by atoms with Gasteiger partial charge in [0.15, 0.2) is 0 Å². The predicted octanol–water partition coefficient (Wildman–Crippen LogP) is 3.14. The van der Waals surface area contributed by atoms with Crippen molar-refractivity contribution in [2.24, 2.45) is 0 Å². The first-order valence-electron chi connectivity index (χ1n) is 8.16. The van der Waals surface area contributed by atoms with Crippen molar-refractivity contribution in [3.05, 3.63) is 52.1 Å². The third-order valence-corrected chi connectivity index (χ3v) is 5.57. The van der Waals surface area contributed by atoms with Crippen LogP contribution in [-0.4, -0.2) is 39.0 Å². The number of rotatable bonds is 3. The molecule has 1 amide bonds. The number of H-pyrrole nitrogens is 1. The van der Waals surface area contributed by atoms with Gasteiger partial charge in [-0.3, -0.25) is 4.79 Å². The summed E-state index contributed by atoms with van der Waals surface area (Å²) >= 11 is 1.33. The highest BCUT2D eigenvalue weighted by molar-refractivity contribution is 7.09. The van der Waals surface area contributed by atoms with Crippen molar-refractivity contribution in [3.8, 4) is 0 Å². The summed E-state index contributed by atoms with van der Waals surface area (Å²) in [6.07, 6.45) is 3.90. The van der Waals surface area contributed by atoms with Crippen LogP contribution < -0.4 is 0 Å². The van der Waals surface area contributed by atoms with Crippen molar-refractivity contribution in [1.82, 2.24) is 14.9 Å². The monoisotopic (exact) mass is 341 g/mol. The van der Waals surface area contributed by atoms with Crippen LogP contribution in [0.15, 0.2) is 35.8 Å². The zero-order valence-corrected chi connectivity index (χ0v) is 14.1. The van der Waals surface area contributed by atoms with E-state index >= 15 is 0 Å². The quantitative estimate of drug-likeness (QED) is 0.769. The van der Waals surface area contributed by atoms with E-state index in [2.05, 4.69) is 34.2 Å². The highest BCUT2D eigenvalue weighted by atomic mass is 32.1. The van der Waals surface area contributed by atoms with E-state index in [4.69, 9.17) is 5.11 Å². The minimum Gasteiger partial charge on any atom is -0.389 e. The van der Waals surface area contributed by atoms with Gasteiger partial charge in [-0.25, -0.2) is 4.98 Å². The fraction of sp³-hybridized carbons (Fsp3) is 0.333. The molecule has 0 atom stereocenters. The van der Waals surface area contributed by atoms with Crippen LogP contribution in [0.3, 0.4) is 0 Å². The number of amides is 1. The number of aromatic nitrogens is 2. The summed E-state index contributed by atoms with van der Waals surface area (Å²) in [4.78, 5) is 21.8. The van der Waals surface area contributed by atoms with Gasteiger partial charge < -0.3 is 15.0 Å². The summed E-state index contributed by atoms with van der Waals surface area (Å²) in [7, 11) is 0. The van der Waals surface area contributed by atoms with Crippen molar-refractivity contribution < 1.29 is 9.90 Å². The molecule has 0 aliphatic carbocycles. The normalized spacial score (nSPS) is 16.0. The molecule has 1 aromatic carbocycles. The summed E-state index contributed by atoms with van der Waals surface area (Å²) < 4.78 is 0. The summed E-state index contributed by atoms with van der Waals surface area (Å²) in [6, 6.07) is 8.67. The minimum atomic E-state index is -0.109. The van der Waals surface area contributed by atoms with E-state index < -0.39 is 0 Å². The Morgan fingerprint density at radius 2 is 2.17 bits per heavy atom. The Kier molecular flexibility index (Phi) is 4.08. The van der Waals surface area contributed by atoms with Gasteiger partial charge in [-0.1, -0.05) is 6.07 Å². The largest absolute Gasteiger partial charge is 0.389 e. The third kappa shape index (κ3) is 2.83. The van der Waals surface area contributed by atoms with Crippen LogP contribution in [0.1, 0.15) is 39.8 Å². The molecule has 2 N–H and O–H groups in total. The smallest absolute Gasteiger partial charge is 0.273 e. The van der Waals surface area contributed by atoms with E-state index in [0.29, 0.717) is 16.6 Å². The summed E-state index contributed by atoms with van der Waals surface area (Å²) in [5.41, 5.74) is 2.97.